The lowest BCUT2D eigenvalue weighted by Crippen LogP contribution is -2.53. The van der Waals surface area contributed by atoms with Crippen LogP contribution in [0.4, 0.5) is 4.39 Å². The number of aliphatic hydroxyl groups excluding tert-OH is 1. The summed E-state index contributed by atoms with van der Waals surface area (Å²) in [6.45, 7) is -0.696. The molecule has 1 aliphatic rings. The zero-order valence-electron chi connectivity index (χ0n) is 21.6. The maximum Gasteiger partial charge on any atom is 0.330 e. The maximum atomic E-state index is 16.6. The van der Waals surface area contributed by atoms with Crippen LogP contribution in [-0.4, -0.2) is 52.1 Å². The largest absolute Gasteiger partial charge is 0.497 e. The van der Waals surface area contributed by atoms with Crippen molar-refractivity contribution >= 4 is 11.6 Å². The van der Waals surface area contributed by atoms with Crippen LogP contribution in [0.2, 0.25) is 0 Å². The molecule has 0 spiro atoms. The van der Waals surface area contributed by atoms with Crippen molar-refractivity contribution in [1.82, 2.24) is 9.55 Å². The minimum Gasteiger partial charge on any atom is -0.497 e. The van der Waals surface area contributed by atoms with Gasteiger partial charge in [0.05, 0.1) is 19.6 Å². The summed E-state index contributed by atoms with van der Waals surface area (Å²) in [5, 5.41) is 10.5. The number of nitrogens with zero attached hydrogens (tertiary/aromatic N) is 1. The predicted molar refractivity (Wildman–Crippen MR) is 148 cm³/mol. The van der Waals surface area contributed by atoms with Gasteiger partial charge in [0.25, 0.3) is 5.56 Å². The quantitative estimate of drug-likeness (QED) is 0.236. The van der Waals surface area contributed by atoms with Gasteiger partial charge in [-0.15, -0.1) is 11.6 Å². The van der Waals surface area contributed by atoms with Gasteiger partial charge in [-0.1, -0.05) is 72.8 Å². The van der Waals surface area contributed by atoms with Crippen LogP contribution in [0.1, 0.15) is 22.9 Å². The highest BCUT2D eigenvalue weighted by molar-refractivity contribution is 6.18. The number of nitrogens with one attached hydrogen (secondary N) is 1. The van der Waals surface area contributed by atoms with Gasteiger partial charge in [0.2, 0.25) is 0 Å². The fraction of sp³-hybridized carbons (Fsp3) is 0.267. The lowest BCUT2D eigenvalue weighted by molar-refractivity contribution is -0.154. The van der Waals surface area contributed by atoms with E-state index in [0.717, 1.165) is 16.8 Å². The summed E-state index contributed by atoms with van der Waals surface area (Å²) < 4.78 is 35.8. The number of hydrogen-bond donors (Lipinski definition) is 2. The first-order valence-corrected chi connectivity index (χ1v) is 13.2. The van der Waals surface area contributed by atoms with Crippen LogP contribution in [0.25, 0.3) is 0 Å². The Morgan fingerprint density at radius 2 is 1.55 bits per heavy atom. The van der Waals surface area contributed by atoms with Gasteiger partial charge < -0.3 is 19.3 Å². The second-order valence-corrected chi connectivity index (χ2v) is 9.77. The molecule has 4 atom stereocenters. The van der Waals surface area contributed by atoms with E-state index in [1.54, 1.807) is 19.2 Å². The van der Waals surface area contributed by atoms with E-state index in [0.29, 0.717) is 22.4 Å². The molecular weight excluding hydrogens is 539 g/mol. The Morgan fingerprint density at radius 3 is 2.05 bits per heavy atom. The number of methoxy groups -OCH3 is 1. The minimum atomic E-state index is -1.97. The molecule has 2 N–H and O–H groups in total. The molecule has 1 aliphatic heterocycles. The molecule has 0 aliphatic carbocycles. The smallest absolute Gasteiger partial charge is 0.330 e. The molecule has 1 fully saturated rings. The molecule has 40 heavy (non-hydrogen) atoms. The molecule has 2 heterocycles. The third-order valence-electron chi connectivity index (χ3n) is 7.22. The molecular formula is C30H28ClFN2O6. The van der Waals surface area contributed by atoms with Gasteiger partial charge in [-0.25, -0.2) is 9.18 Å². The first kappa shape index (κ1) is 27.8. The SMILES string of the molecule is COc1ccc(C(O[C@H]2[C@@H](F)[C@H](n3ccc(=O)[nH]c3=O)O[C@@]2(CO)CCl)(c2ccccc2)c2ccccc2)cc1. The Bertz CT molecular complexity index is 1500. The van der Waals surface area contributed by atoms with Crippen LogP contribution in [0.3, 0.4) is 0 Å². The third-order valence-corrected chi connectivity index (χ3v) is 7.67. The third kappa shape index (κ3) is 4.75. The average Bonchev–Trinajstić information content (AvgIpc) is 3.27. The summed E-state index contributed by atoms with van der Waals surface area (Å²) in [7, 11) is 1.56. The molecule has 1 aromatic heterocycles. The summed E-state index contributed by atoms with van der Waals surface area (Å²) in [6.07, 6.45) is -3.82. The van der Waals surface area contributed by atoms with Crippen LogP contribution < -0.4 is 16.0 Å². The van der Waals surface area contributed by atoms with Gasteiger partial charge in [0, 0.05) is 12.3 Å². The van der Waals surface area contributed by atoms with Crippen LogP contribution >= 0.6 is 11.6 Å². The van der Waals surface area contributed by atoms with Crippen molar-refractivity contribution < 1.29 is 23.7 Å². The first-order valence-electron chi connectivity index (χ1n) is 12.6. The number of hydrogen-bond acceptors (Lipinski definition) is 6. The van der Waals surface area contributed by atoms with Crippen molar-refractivity contribution in [3.05, 3.63) is 135 Å². The number of halogens is 2. The van der Waals surface area contributed by atoms with Gasteiger partial charge in [-0.2, -0.15) is 0 Å². The van der Waals surface area contributed by atoms with E-state index in [4.69, 9.17) is 25.8 Å². The Hall–Kier alpha value is -3.76. The number of aromatic nitrogens is 2. The first-order chi connectivity index (χ1) is 19.4. The Labute approximate surface area is 234 Å². The molecule has 0 bridgehead atoms. The highest BCUT2D eigenvalue weighted by atomic mass is 35.5. The summed E-state index contributed by atoms with van der Waals surface area (Å²) in [4.78, 5) is 26.3. The summed E-state index contributed by atoms with van der Waals surface area (Å²) in [5.41, 5.74) is -2.61. The molecule has 10 heteroatoms. The number of alkyl halides is 2. The second-order valence-electron chi connectivity index (χ2n) is 9.51. The molecule has 0 radical (unpaired) electrons. The number of aliphatic hydroxyl groups is 1. The molecule has 0 unspecified atom stereocenters. The summed E-state index contributed by atoms with van der Waals surface area (Å²) in [5.74, 6) is 0.278. The topological polar surface area (TPSA) is 103 Å². The van der Waals surface area contributed by atoms with E-state index < -0.39 is 47.6 Å². The highest BCUT2D eigenvalue weighted by Gasteiger charge is 2.60. The Morgan fingerprint density at radius 1 is 0.975 bits per heavy atom. The van der Waals surface area contributed by atoms with E-state index in [-0.39, 0.29) is 5.88 Å². The van der Waals surface area contributed by atoms with Crippen LogP contribution in [0, 0.1) is 0 Å². The molecule has 8 nitrogen and oxygen atoms in total. The summed E-state index contributed by atoms with van der Waals surface area (Å²) >= 11 is 6.36. The molecule has 3 aromatic carbocycles. The molecule has 0 saturated carbocycles. The standard InChI is InChI=1S/C30H28ClFN2O6/c1-38-23-14-12-22(13-15-23)30(20-8-4-2-5-9-20,21-10-6-3-7-11-21)39-26-25(32)27(40-29(26,18-31)19-35)34-17-16-24(36)33-28(34)37/h2-17,25-27,35H,18-19H2,1H3,(H,33,36,37)/t25-,26+,27-,29-/m1/s1. The fourth-order valence-electron chi connectivity index (χ4n) is 5.17. The highest BCUT2D eigenvalue weighted by Crippen LogP contribution is 2.48. The lowest BCUT2D eigenvalue weighted by Gasteiger charge is -2.42. The van der Waals surface area contributed by atoms with E-state index in [9.17, 15) is 14.7 Å². The van der Waals surface area contributed by atoms with Crippen molar-refractivity contribution in [2.24, 2.45) is 0 Å². The molecule has 208 valence electrons. The zero-order valence-corrected chi connectivity index (χ0v) is 22.3. The molecule has 5 rings (SSSR count). The van der Waals surface area contributed by atoms with Crippen LogP contribution in [0.5, 0.6) is 5.75 Å². The normalized spacial score (nSPS) is 22.8. The van der Waals surface area contributed by atoms with Crippen molar-refractivity contribution in [2.75, 3.05) is 19.6 Å². The predicted octanol–water partition coefficient (Wildman–Crippen LogP) is 3.76. The van der Waals surface area contributed by atoms with Gasteiger partial charge >= 0.3 is 5.69 Å². The molecule has 0 amide bonds. The van der Waals surface area contributed by atoms with E-state index in [1.807, 2.05) is 72.8 Å². The Kier molecular flexibility index (Phi) is 7.91. The monoisotopic (exact) mass is 566 g/mol. The van der Waals surface area contributed by atoms with Crippen molar-refractivity contribution in [2.45, 2.75) is 29.7 Å². The molecule has 4 aromatic rings. The van der Waals surface area contributed by atoms with Gasteiger partial charge in [0.1, 0.15) is 23.1 Å². The van der Waals surface area contributed by atoms with Gasteiger partial charge in [-0.05, 0) is 28.8 Å². The number of H-pyrrole nitrogens is 1. The number of ether oxygens (including phenoxy) is 3. The minimum absolute atomic E-state index is 0.342. The summed E-state index contributed by atoms with van der Waals surface area (Å²) in [6, 6.07) is 26.9. The van der Waals surface area contributed by atoms with E-state index in [1.165, 1.54) is 0 Å². The van der Waals surface area contributed by atoms with E-state index in [2.05, 4.69) is 4.98 Å². The number of benzene rings is 3. The zero-order chi connectivity index (χ0) is 28.3. The van der Waals surface area contributed by atoms with Gasteiger partial charge in [0.15, 0.2) is 12.4 Å². The average molecular weight is 567 g/mol. The van der Waals surface area contributed by atoms with Gasteiger partial charge in [-0.3, -0.25) is 14.3 Å². The van der Waals surface area contributed by atoms with Crippen molar-refractivity contribution in [3.63, 3.8) is 0 Å². The van der Waals surface area contributed by atoms with Crippen LogP contribution in [-0.2, 0) is 15.1 Å². The molecule has 1 saturated heterocycles. The van der Waals surface area contributed by atoms with Crippen molar-refractivity contribution in [3.8, 4) is 5.75 Å². The number of rotatable bonds is 9. The number of aromatic amines is 1. The Balaban J connectivity index is 1.73. The lowest BCUT2D eigenvalue weighted by atomic mass is 9.79. The van der Waals surface area contributed by atoms with Crippen molar-refractivity contribution in [1.29, 1.82) is 0 Å². The fourth-order valence-corrected chi connectivity index (χ4v) is 5.47. The van der Waals surface area contributed by atoms with E-state index >= 15 is 4.39 Å². The van der Waals surface area contributed by atoms with Crippen LogP contribution in [0.15, 0.2) is 107 Å². The second kappa shape index (κ2) is 11.4. The maximum absolute atomic E-state index is 16.6.